The predicted octanol–water partition coefficient (Wildman–Crippen LogP) is 2.23. The number of hydrogen-bond donors (Lipinski definition) is 1. The van der Waals surface area contributed by atoms with Gasteiger partial charge in [0.05, 0.1) is 18.4 Å². The fourth-order valence-electron chi connectivity index (χ4n) is 2.86. The average Bonchev–Trinajstić information content (AvgIpc) is 3.09. The molecule has 6 heteroatoms. The van der Waals surface area contributed by atoms with Crippen LogP contribution in [0.1, 0.15) is 22.5 Å². The molecule has 0 radical (unpaired) electrons. The third-order valence-corrected chi connectivity index (χ3v) is 4.18. The topological polar surface area (TPSA) is 83.4 Å². The van der Waals surface area contributed by atoms with Crippen LogP contribution in [0.3, 0.4) is 0 Å². The van der Waals surface area contributed by atoms with Crippen molar-refractivity contribution < 1.29 is 19.4 Å². The van der Waals surface area contributed by atoms with E-state index in [1.807, 2.05) is 36.4 Å². The molecule has 1 heterocycles. The quantitative estimate of drug-likeness (QED) is 0.698. The second-order valence-electron chi connectivity index (χ2n) is 5.92. The number of aryl methyl sites for hydroxylation is 1. The van der Waals surface area contributed by atoms with Crippen LogP contribution in [-0.2, 0) is 11.2 Å². The zero-order chi connectivity index (χ0) is 19.2. The van der Waals surface area contributed by atoms with Crippen LogP contribution in [0.5, 0.6) is 5.75 Å². The van der Waals surface area contributed by atoms with E-state index >= 15 is 0 Å². The van der Waals surface area contributed by atoms with E-state index in [1.165, 1.54) is 7.11 Å². The predicted molar refractivity (Wildman–Crippen MR) is 99.9 cm³/mol. The van der Waals surface area contributed by atoms with E-state index < -0.39 is 5.97 Å². The van der Waals surface area contributed by atoms with Crippen LogP contribution in [0.2, 0.25) is 0 Å². The van der Waals surface area contributed by atoms with Crippen molar-refractivity contribution in [2.24, 2.45) is 0 Å². The van der Waals surface area contributed by atoms with E-state index in [-0.39, 0.29) is 18.7 Å². The molecule has 0 unspecified atom stereocenters. The Kier molecular flexibility index (Phi) is 5.56. The highest BCUT2D eigenvalue weighted by Crippen LogP contribution is 2.23. The fraction of sp³-hybridized carbons (Fsp3) is 0.143. The lowest BCUT2D eigenvalue weighted by molar-refractivity contribution is -0.305. The lowest BCUT2D eigenvalue weighted by Gasteiger charge is -2.16. The van der Waals surface area contributed by atoms with Crippen LogP contribution in [-0.4, -0.2) is 23.7 Å². The number of carbonyl (C=O) groups excluding carboxylic acids is 2. The van der Waals surface area contributed by atoms with Gasteiger partial charge in [-0.25, -0.2) is 0 Å². The van der Waals surface area contributed by atoms with E-state index in [0.717, 1.165) is 11.3 Å². The van der Waals surface area contributed by atoms with Gasteiger partial charge in [0, 0.05) is 17.2 Å². The number of amides is 1. The van der Waals surface area contributed by atoms with Gasteiger partial charge in [0.25, 0.3) is 5.91 Å². The molecule has 0 atom stereocenters. The number of aliphatic carboxylic acids is 1. The van der Waals surface area contributed by atoms with Crippen molar-refractivity contribution >= 4 is 11.9 Å². The van der Waals surface area contributed by atoms with E-state index in [9.17, 15) is 14.7 Å². The van der Waals surface area contributed by atoms with Crippen molar-refractivity contribution in [3.05, 3.63) is 78.0 Å². The molecule has 138 valence electrons. The van der Waals surface area contributed by atoms with Gasteiger partial charge in [-0.05, 0) is 37.1 Å². The Morgan fingerprint density at radius 2 is 1.70 bits per heavy atom. The summed E-state index contributed by atoms with van der Waals surface area (Å²) in [7, 11) is 1.50. The Labute approximate surface area is 157 Å². The second kappa shape index (κ2) is 8.23. The summed E-state index contributed by atoms with van der Waals surface area (Å²) in [6.45, 7) is 0. The lowest BCUT2D eigenvalue weighted by Crippen LogP contribution is -2.27. The molecule has 1 aromatic heterocycles. The molecule has 3 rings (SSSR count). The molecular weight excluding hydrogens is 344 g/mol. The number of ether oxygens (including phenoxy) is 1. The Bertz CT molecular complexity index is 948. The number of carboxylic acid groups (broad SMARTS) is 1. The Balaban J connectivity index is 1.97. The molecule has 0 bridgehead atoms. The highest BCUT2D eigenvalue weighted by molar-refractivity contribution is 6.02. The van der Waals surface area contributed by atoms with Crippen molar-refractivity contribution in [2.75, 3.05) is 12.5 Å². The highest BCUT2D eigenvalue weighted by Gasteiger charge is 2.16. The summed E-state index contributed by atoms with van der Waals surface area (Å²) in [6.07, 6.45) is 0.101. The summed E-state index contributed by atoms with van der Waals surface area (Å²) >= 11 is 0. The van der Waals surface area contributed by atoms with Gasteiger partial charge in [-0.2, -0.15) is 0 Å². The van der Waals surface area contributed by atoms with Gasteiger partial charge in [-0.3, -0.25) is 14.9 Å². The monoisotopic (exact) mass is 363 g/mol. The smallest absolute Gasteiger partial charge is 0.273 e. The first-order chi connectivity index (χ1) is 13.1. The number of para-hydroxylation sites is 1. The van der Waals surface area contributed by atoms with Crippen molar-refractivity contribution in [1.29, 1.82) is 0 Å². The number of hydrogen-bond acceptors (Lipinski definition) is 4. The lowest BCUT2D eigenvalue weighted by atomic mass is 10.1. The van der Waals surface area contributed by atoms with Crippen LogP contribution in [0.15, 0.2) is 66.7 Å². The number of nitrogens with zero attached hydrogens (tertiary/aromatic N) is 1. The van der Waals surface area contributed by atoms with Crippen molar-refractivity contribution in [2.45, 2.75) is 12.8 Å². The molecule has 27 heavy (non-hydrogen) atoms. The maximum atomic E-state index is 12.8. The molecular formula is C21H19N2O4-. The molecule has 3 aromatic rings. The molecule has 0 spiro atoms. The summed E-state index contributed by atoms with van der Waals surface area (Å²) in [4.78, 5) is 23.7. The van der Waals surface area contributed by atoms with Gasteiger partial charge in [0.2, 0.25) is 0 Å². The number of benzene rings is 2. The van der Waals surface area contributed by atoms with E-state index in [0.29, 0.717) is 17.0 Å². The minimum absolute atomic E-state index is 0.136. The first kappa shape index (κ1) is 18.3. The van der Waals surface area contributed by atoms with Crippen molar-refractivity contribution in [3.63, 3.8) is 0 Å². The molecule has 0 aliphatic carbocycles. The first-order valence-corrected chi connectivity index (χ1v) is 8.50. The van der Waals surface area contributed by atoms with Crippen LogP contribution < -0.4 is 15.3 Å². The molecule has 0 aliphatic heterocycles. The third-order valence-electron chi connectivity index (χ3n) is 4.18. The van der Waals surface area contributed by atoms with E-state index in [4.69, 9.17) is 4.74 Å². The van der Waals surface area contributed by atoms with Crippen LogP contribution in [0.25, 0.3) is 11.3 Å². The number of methoxy groups -OCH3 is 1. The summed E-state index contributed by atoms with van der Waals surface area (Å²) in [5, 5.41) is 10.9. The number of rotatable bonds is 7. The maximum Gasteiger partial charge on any atom is 0.273 e. The minimum atomic E-state index is -1.14. The molecule has 0 saturated carbocycles. The summed E-state index contributed by atoms with van der Waals surface area (Å²) in [5.74, 6) is -1.03. The number of carbonyl (C=O) groups is 2. The minimum Gasteiger partial charge on any atom is -0.550 e. The normalized spacial score (nSPS) is 10.4. The van der Waals surface area contributed by atoms with Gasteiger partial charge in [0.1, 0.15) is 5.75 Å². The first-order valence-electron chi connectivity index (χ1n) is 8.50. The zero-order valence-corrected chi connectivity index (χ0v) is 14.8. The van der Waals surface area contributed by atoms with Crippen LogP contribution in [0.4, 0.5) is 0 Å². The van der Waals surface area contributed by atoms with Crippen LogP contribution >= 0.6 is 0 Å². The second-order valence-corrected chi connectivity index (χ2v) is 5.92. The highest BCUT2D eigenvalue weighted by atomic mass is 16.5. The van der Waals surface area contributed by atoms with Gasteiger partial charge in [-0.1, -0.05) is 42.5 Å². The zero-order valence-electron chi connectivity index (χ0n) is 14.8. The molecule has 1 amide bonds. The largest absolute Gasteiger partial charge is 0.550 e. The maximum absolute atomic E-state index is 12.8. The molecule has 1 N–H and O–H groups in total. The molecule has 6 nitrogen and oxygen atoms in total. The fourth-order valence-corrected chi connectivity index (χ4v) is 2.86. The third kappa shape index (κ3) is 4.17. The number of nitrogens with one attached hydrogen (secondary N) is 1. The SMILES string of the molecule is COc1ccccc1C(=O)Nn1c(CCC(=O)[O-])ccc1-c1ccccc1. The van der Waals surface area contributed by atoms with Gasteiger partial charge in [0.15, 0.2) is 0 Å². The summed E-state index contributed by atoms with van der Waals surface area (Å²) in [5.41, 5.74) is 5.57. The van der Waals surface area contributed by atoms with E-state index in [2.05, 4.69) is 5.43 Å². The summed E-state index contributed by atoms with van der Waals surface area (Å²) < 4.78 is 6.87. The van der Waals surface area contributed by atoms with Crippen molar-refractivity contribution in [1.82, 2.24) is 4.68 Å². The molecule has 0 saturated heterocycles. The Hall–Kier alpha value is -3.54. The standard InChI is InChI=1S/C21H20N2O4/c1-27-19-10-6-5-9-17(19)21(26)22-23-16(12-14-20(24)25)11-13-18(23)15-7-3-2-4-8-15/h2-11,13H,12,14H2,1H3,(H,22,26)(H,24,25)/p-1. The summed E-state index contributed by atoms with van der Waals surface area (Å²) in [6, 6.07) is 20.1. The molecule has 2 aromatic carbocycles. The molecule has 0 aliphatic rings. The Morgan fingerprint density at radius 1 is 1.00 bits per heavy atom. The van der Waals surface area contributed by atoms with Gasteiger partial charge in [-0.15, -0.1) is 0 Å². The average molecular weight is 363 g/mol. The Morgan fingerprint density at radius 3 is 2.41 bits per heavy atom. The van der Waals surface area contributed by atoms with Crippen molar-refractivity contribution in [3.8, 4) is 17.0 Å². The van der Waals surface area contributed by atoms with E-state index in [1.54, 1.807) is 35.0 Å². The molecule has 0 fully saturated rings. The van der Waals surface area contributed by atoms with Gasteiger partial charge < -0.3 is 14.6 Å². The van der Waals surface area contributed by atoms with Gasteiger partial charge >= 0.3 is 0 Å². The van der Waals surface area contributed by atoms with Crippen LogP contribution in [0, 0.1) is 0 Å². The number of carboxylic acids is 1. The number of aromatic nitrogens is 1.